The molecule has 1 fully saturated rings. The highest BCUT2D eigenvalue weighted by Crippen LogP contribution is 2.09. The number of amides is 3. The highest BCUT2D eigenvalue weighted by molar-refractivity contribution is 5.77. The van der Waals surface area contributed by atoms with Crippen LogP contribution in [0.4, 0.5) is 4.79 Å². The van der Waals surface area contributed by atoms with Crippen molar-refractivity contribution in [1.29, 1.82) is 0 Å². The summed E-state index contributed by atoms with van der Waals surface area (Å²) in [7, 11) is 1.64. The third-order valence-electron chi connectivity index (χ3n) is 3.60. The molecule has 2 rings (SSSR count). The predicted octanol–water partition coefficient (Wildman–Crippen LogP) is 0.289. The van der Waals surface area contributed by atoms with Gasteiger partial charge in [-0.05, 0) is 18.9 Å². The summed E-state index contributed by atoms with van der Waals surface area (Å²) in [5.74, 6) is 0.0271. The second-order valence-corrected chi connectivity index (χ2v) is 5.18. The van der Waals surface area contributed by atoms with Crippen LogP contribution in [-0.2, 0) is 11.3 Å². The molecule has 1 aliphatic heterocycles. The largest absolute Gasteiger partial charge is 0.472 e. The van der Waals surface area contributed by atoms with E-state index in [1.807, 2.05) is 6.07 Å². The SMILES string of the molecule is CNC(=O)CN1CCC(NC(=O)NCc2ccoc2)CC1. The maximum Gasteiger partial charge on any atom is 0.315 e. The van der Waals surface area contributed by atoms with Crippen LogP contribution < -0.4 is 16.0 Å². The molecule has 0 saturated carbocycles. The Hall–Kier alpha value is -2.02. The number of urea groups is 1. The topological polar surface area (TPSA) is 86.6 Å². The zero-order chi connectivity index (χ0) is 15.1. The van der Waals surface area contributed by atoms with E-state index in [1.54, 1.807) is 19.6 Å². The molecule has 3 N–H and O–H groups in total. The molecule has 0 atom stereocenters. The quantitative estimate of drug-likeness (QED) is 0.728. The van der Waals surface area contributed by atoms with Gasteiger partial charge in [0, 0.05) is 38.3 Å². The fourth-order valence-corrected chi connectivity index (χ4v) is 2.33. The first-order chi connectivity index (χ1) is 10.2. The molecule has 3 amide bonds. The molecule has 1 saturated heterocycles. The van der Waals surface area contributed by atoms with E-state index in [4.69, 9.17) is 4.42 Å². The van der Waals surface area contributed by atoms with Crippen molar-refractivity contribution in [2.24, 2.45) is 0 Å². The number of furan rings is 1. The summed E-state index contributed by atoms with van der Waals surface area (Å²) in [4.78, 5) is 25.2. The minimum Gasteiger partial charge on any atom is -0.472 e. The molecular formula is C14H22N4O3. The van der Waals surface area contributed by atoms with E-state index < -0.39 is 0 Å². The van der Waals surface area contributed by atoms with E-state index in [-0.39, 0.29) is 18.0 Å². The number of nitrogens with zero attached hydrogens (tertiary/aromatic N) is 1. The normalized spacial score (nSPS) is 16.4. The summed E-state index contributed by atoms with van der Waals surface area (Å²) < 4.78 is 4.94. The van der Waals surface area contributed by atoms with Gasteiger partial charge in [-0.1, -0.05) is 0 Å². The van der Waals surface area contributed by atoms with Crippen molar-refractivity contribution < 1.29 is 14.0 Å². The number of carbonyl (C=O) groups is 2. The Morgan fingerprint density at radius 1 is 1.38 bits per heavy atom. The summed E-state index contributed by atoms with van der Waals surface area (Å²) in [5, 5.41) is 8.38. The van der Waals surface area contributed by atoms with Gasteiger partial charge in [0.1, 0.15) is 0 Å². The van der Waals surface area contributed by atoms with E-state index in [1.165, 1.54) is 0 Å². The van der Waals surface area contributed by atoms with Crippen LogP contribution in [0.3, 0.4) is 0 Å². The van der Waals surface area contributed by atoms with Crippen LogP contribution in [0.25, 0.3) is 0 Å². The van der Waals surface area contributed by atoms with Gasteiger partial charge in [0.25, 0.3) is 0 Å². The standard InChI is InChI=1S/C14H22N4O3/c1-15-13(19)9-18-5-2-12(3-6-18)17-14(20)16-8-11-4-7-21-10-11/h4,7,10,12H,2-3,5-6,8-9H2,1H3,(H,15,19)(H2,16,17,20). The van der Waals surface area contributed by atoms with Crippen molar-refractivity contribution in [3.8, 4) is 0 Å². The number of piperidine rings is 1. The van der Waals surface area contributed by atoms with Crippen LogP contribution in [0.2, 0.25) is 0 Å². The Bertz CT molecular complexity index is 453. The molecule has 0 bridgehead atoms. The van der Waals surface area contributed by atoms with Crippen molar-refractivity contribution in [2.45, 2.75) is 25.4 Å². The number of rotatable bonds is 5. The van der Waals surface area contributed by atoms with Gasteiger partial charge in [-0.15, -0.1) is 0 Å². The maximum atomic E-state index is 11.8. The number of likely N-dealkylation sites (N-methyl/N-ethyl adjacent to an activating group) is 1. The van der Waals surface area contributed by atoms with Gasteiger partial charge < -0.3 is 20.4 Å². The number of likely N-dealkylation sites (tertiary alicyclic amines) is 1. The Balaban J connectivity index is 1.63. The summed E-state index contributed by atoms with van der Waals surface area (Å²) in [5.41, 5.74) is 0.936. The molecule has 7 heteroatoms. The van der Waals surface area contributed by atoms with Gasteiger partial charge in [-0.25, -0.2) is 4.79 Å². The first-order valence-corrected chi connectivity index (χ1v) is 7.15. The first-order valence-electron chi connectivity index (χ1n) is 7.15. The Kier molecular flexibility index (Phi) is 5.62. The summed E-state index contributed by atoms with van der Waals surface area (Å²) in [6.45, 7) is 2.52. The molecule has 0 unspecified atom stereocenters. The highest BCUT2D eigenvalue weighted by Gasteiger charge is 2.21. The summed E-state index contributed by atoms with van der Waals surface area (Å²) in [6.07, 6.45) is 4.90. The van der Waals surface area contributed by atoms with Crippen LogP contribution in [0.1, 0.15) is 18.4 Å². The third kappa shape index (κ3) is 5.11. The molecule has 1 aromatic heterocycles. The molecule has 0 radical (unpaired) electrons. The third-order valence-corrected chi connectivity index (χ3v) is 3.60. The lowest BCUT2D eigenvalue weighted by atomic mass is 10.1. The Labute approximate surface area is 124 Å². The molecule has 0 aliphatic carbocycles. The molecule has 21 heavy (non-hydrogen) atoms. The van der Waals surface area contributed by atoms with Gasteiger partial charge in [0.15, 0.2) is 0 Å². The number of carbonyl (C=O) groups excluding carboxylic acids is 2. The molecule has 7 nitrogen and oxygen atoms in total. The van der Waals surface area contributed by atoms with Crippen LogP contribution >= 0.6 is 0 Å². The molecule has 1 aromatic rings. The summed E-state index contributed by atoms with van der Waals surface area (Å²) >= 11 is 0. The van der Waals surface area contributed by atoms with Crippen molar-refractivity contribution in [3.63, 3.8) is 0 Å². The fourth-order valence-electron chi connectivity index (χ4n) is 2.33. The molecule has 2 heterocycles. The van der Waals surface area contributed by atoms with Crippen LogP contribution in [0.5, 0.6) is 0 Å². The minimum atomic E-state index is -0.166. The van der Waals surface area contributed by atoms with Crippen molar-refractivity contribution in [1.82, 2.24) is 20.9 Å². The van der Waals surface area contributed by atoms with Crippen LogP contribution in [0, 0.1) is 0 Å². The molecule has 1 aliphatic rings. The van der Waals surface area contributed by atoms with E-state index in [9.17, 15) is 9.59 Å². The average Bonchev–Trinajstić information content (AvgIpc) is 3.00. The zero-order valence-electron chi connectivity index (χ0n) is 12.2. The molecular weight excluding hydrogens is 272 g/mol. The summed E-state index contributed by atoms with van der Waals surface area (Å²) in [6, 6.07) is 1.81. The lowest BCUT2D eigenvalue weighted by molar-refractivity contribution is -0.122. The number of hydrogen-bond acceptors (Lipinski definition) is 4. The average molecular weight is 294 g/mol. The number of hydrogen-bond donors (Lipinski definition) is 3. The second kappa shape index (κ2) is 7.68. The maximum absolute atomic E-state index is 11.8. The van der Waals surface area contributed by atoms with Gasteiger partial charge in [0.2, 0.25) is 5.91 Å². The smallest absolute Gasteiger partial charge is 0.315 e. The van der Waals surface area contributed by atoms with Crippen molar-refractivity contribution in [2.75, 3.05) is 26.7 Å². The van der Waals surface area contributed by atoms with Gasteiger partial charge >= 0.3 is 6.03 Å². The monoisotopic (exact) mass is 294 g/mol. The van der Waals surface area contributed by atoms with Gasteiger partial charge in [-0.3, -0.25) is 9.69 Å². The highest BCUT2D eigenvalue weighted by atomic mass is 16.3. The van der Waals surface area contributed by atoms with E-state index in [0.29, 0.717) is 13.1 Å². The Morgan fingerprint density at radius 3 is 2.76 bits per heavy atom. The van der Waals surface area contributed by atoms with E-state index in [0.717, 1.165) is 31.5 Å². The van der Waals surface area contributed by atoms with Crippen molar-refractivity contribution in [3.05, 3.63) is 24.2 Å². The van der Waals surface area contributed by atoms with Gasteiger partial charge in [-0.2, -0.15) is 0 Å². The molecule has 0 spiro atoms. The second-order valence-electron chi connectivity index (χ2n) is 5.18. The zero-order valence-corrected chi connectivity index (χ0v) is 12.2. The number of nitrogens with one attached hydrogen (secondary N) is 3. The van der Waals surface area contributed by atoms with Crippen LogP contribution in [0.15, 0.2) is 23.0 Å². The first kappa shape index (κ1) is 15.4. The van der Waals surface area contributed by atoms with E-state index >= 15 is 0 Å². The van der Waals surface area contributed by atoms with Gasteiger partial charge in [0.05, 0.1) is 19.1 Å². The minimum absolute atomic E-state index is 0.0271. The lowest BCUT2D eigenvalue weighted by Gasteiger charge is -2.31. The van der Waals surface area contributed by atoms with Crippen LogP contribution in [-0.4, -0.2) is 49.6 Å². The molecule has 116 valence electrons. The predicted molar refractivity (Wildman–Crippen MR) is 77.6 cm³/mol. The van der Waals surface area contributed by atoms with E-state index in [2.05, 4.69) is 20.9 Å². The molecule has 0 aromatic carbocycles. The fraction of sp³-hybridized carbons (Fsp3) is 0.571. The van der Waals surface area contributed by atoms with Crippen molar-refractivity contribution >= 4 is 11.9 Å². The lowest BCUT2D eigenvalue weighted by Crippen LogP contribution is -2.49. The Morgan fingerprint density at radius 2 is 2.14 bits per heavy atom.